The molecule has 0 aliphatic rings. The number of hydrogen-bond donors (Lipinski definition) is 2. The van der Waals surface area contributed by atoms with Gasteiger partial charge in [0.05, 0.1) is 11.6 Å². The quantitative estimate of drug-likeness (QED) is 0.779. The minimum absolute atomic E-state index is 0.0134. The van der Waals surface area contributed by atoms with Crippen LogP contribution in [-0.4, -0.2) is 21.6 Å². The maximum absolute atomic E-state index is 12.9. The molecule has 5 heteroatoms. The molecule has 1 aromatic carbocycles. The standard InChI is InChI=1S/C16H25O4P/c1-5-13(15(17)18)14(16(2,3)4)21(19,20)11-12-9-7-6-8-10-12/h6-10,13-14H,5,11H2,1-4H3,(H,17,18)(H,19,20). The van der Waals surface area contributed by atoms with E-state index in [2.05, 4.69) is 0 Å². The van der Waals surface area contributed by atoms with E-state index in [0.717, 1.165) is 5.56 Å². The molecule has 3 unspecified atom stereocenters. The van der Waals surface area contributed by atoms with E-state index in [1.54, 1.807) is 19.1 Å². The molecule has 0 amide bonds. The van der Waals surface area contributed by atoms with Crippen molar-refractivity contribution in [3.05, 3.63) is 35.9 Å². The summed E-state index contributed by atoms with van der Waals surface area (Å²) < 4.78 is 12.9. The molecule has 0 bridgehead atoms. The minimum atomic E-state index is -3.65. The van der Waals surface area contributed by atoms with Crippen molar-refractivity contribution in [2.24, 2.45) is 11.3 Å². The molecule has 118 valence electrons. The summed E-state index contributed by atoms with van der Waals surface area (Å²) in [5.74, 6) is -1.82. The lowest BCUT2D eigenvalue weighted by Crippen LogP contribution is -2.38. The first-order chi connectivity index (χ1) is 9.59. The summed E-state index contributed by atoms with van der Waals surface area (Å²) in [6.07, 6.45) is 0.357. The summed E-state index contributed by atoms with van der Waals surface area (Å²) in [6, 6.07) is 9.07. The molecule has 2 N–H and O–H groups in total. The molecule has 21 heavy (non-hydrogen) atoms. The van der Waals surface area contributed by atoms with Crippen molar-refractivity contribution in [2.75, 3.05) is 0 Å². The lowest BCUT2D eigenvalue weighted by Gasteiger charge is -2.37. The van der Waals surface area contributed by atoms with E-state index < -0.39 is 30.3 Å². The summed E-state index contributed by atoms with van der Waals surface area (Å²) in [6.45, 7) is 7.24. The highest BCUT2D eigenvalue weighted by molar-refractivity contribution is 7.58. The Labute approximate surface area is 126 Å². The first-order valence-corrected chi connectivity index (χ1v) is 9.09. The lowest BCUT2D eigenvalue weighted by molar-refractivity contribution is -0.142. The summed E-state index contributed by atoms with van der Waals surface area (Å²) in [5, 5.41) is 9.40. The van der Waals surface area contributed by atoms with Crippen LogP contribution in [0.5, 0.6) is 0 Å². The Bertz CT molecular complexity index is 519. The first-order valence-electron chi connectivity index (χ1n) is 7.18. The largest absolute Gasteiger partial charge is 0.481 e. The van der Waals surface area contributed by atoms with E-state index in [4.69, 9.17) is 0 Å². The Morgan fingerprint density at radius 2 is 1.76 bits per heavy atom. The summed E-state index contributed by atoms with van der Waals surface area (Å²) in [7, 11) is -3.65. The molecule has 3 atom stereocenters. The number of carboxylic acids is 1. The van der Waals surface area contributed by atoms with Crippen LogP contribution in [0, 0.1) is 11.3 Å². The number of rotatable bonds is 6. The highest BCUT2D eigenvalue weighted by Gasteiger charge is 2.46. The van der Waals surface area contributed by atoms with Crippen LogP contribution in [-0.2, 0) is 15.5 Å². The average Bonchev–Trinajstić information content (AvgIpc) is 2.34. The van der Waals surface area contributed by atoms with Gasteiger partial charge < -0.3 is 10.00 Å². The van der Waals surface area contributed by atoms with Gasteiger partial charge in [-0.1, -0.05) is 58.0 Å². The lowest BCUT2D eigenvalue weighted by atomic mass is 9.82. The molecule has 0 aromatic heterocycles. The van der Waals surface area contributed by atoms with Gasteiger partial charge in [-0.05, 0) is 17.4 Å². The molecule has 1 aromatic rings. The van der Waals surface area contributed by atoms with Crippen LogP contribution in [0.3, 0.4) is 0 Å². The highest BCUT2D eigenvalue weighted by atomic mass is 31.2. The van der Waals surface area contributed by atoms with Gasteiger partial charge in [0.25, 0.3) is 0 Å². The molecule has 0 spiro atoms. The second kappa shape index (κ2) is 6.76. The third-order valence-corrected chi connectivity index (χ3v) is 6.53. The summed E-state index contributed by atoms with van der Waals surface area (Å²) >= 11 is 0. The van der Waals surface area contributed by atoms with E-state index in [9.17, 15) is 19.4 Å². The fourth-order valence-corrected chi connectivity index (χ4v) is 6.01. The van der Waals surface area contributed by atoms with Crippen LogP contribution in [0.2, 0.25) is 0 Å². The topological polar surface area (TPSA) is 74.6 Å². The van der Waals surface area contributed by atoms with E-state index in [0.29, 0.717) is 6.42 Å². The second-order valence-corrected chi connectivity index (χ2v) is 8.95. The van der Waals surface area contributed by atoms with E-state index >= 15 is 0 Å². The number of carbonyl (C=O) groups is 1. The van der Waals surface area contributed by atoms with Gasteiger partial charge in [-0.2, -0.15) is 0 Å². The zero-order chi connectivity index (χ0) is 16.3. The smallest absolute Gasteiger partial charge is 0.307 e. The normalized spacial score (nSPS) is 17.8. The summed E-state index contributed by atoms with van der Waals surface area (Å²) in [5.41, 5.74) is -0.566. The predicted octanol–water partition coefficient (Wildman–Crippen LogP) is 3.98. The van der Waals surface area contributed by atoms with Crippen LogP contribution in [0.1, 0.15) is 39.7 Å². The zero-order valence-corrected chi connectivity index (χ0v) is 14.0. The first kappa shape index (κ1) is 17.9. The van der Waals surface area contributed by atoms with E-state index in [-0.39, 0.29) is 6.16 Å². The van der Waals surface area contributed by atoms with Gasteiger partial charge in [-0.25, -0.2) is 0 Å². The molecule has 1 rings (SSSR count). The third-order valence-electron chi connectivity index (χ3n) is 3.71. The van der Waals surface area contributed by atoms with E-state index in [1.807, 2.05) is 39.0 Å². The highest BCUT2D eigenvalue weighted by Crippen LogP contribution is 2.59. The Morgan fingerprint density at radius 3 is 2.14 bits per heavy atom. The molecule has 0 radical (unpaired) electrons. The third kappa shape index (κ3) is 4.69. The van der Waals surface area contributed by atoms with Gasteiger partial charge in [-0.3, -0.25) is 9.36 Å². The van der Waals surface area contributed by atoms with E-state index in [1.165, 1.54) is 0 Å². The molecule has 0 saturated carbocycles. The van der Waals surface area contributed by atoms with Crippen LogP contribution in [0.25, 0.3) is 0 Å². The Balaban J connectivity index is 3.18. The molecule has 0 fully saturated rings. The predicted molar refractivity (Wildman–Crippen MR) is 84.6 cm³/mol. The van der Waals surface area contributed by atoms with Crippen molar-refractivity contribution in [3.63, 3.8) is 0 Å². The second-order valence-electron chi connectivity index (χ2n) is 6.56. The number of benzene rings is 1. The molecule has 0 saturated heterocycles. The zero-order valence-electron chi connectivity index (χ0n) is 13.1. The Kier molecular flexibility index (Phi) is 5.77. The fourth-order valence-electron chi connectivity index (χ4n) is 2.97. The van der Waals surface area contributed by atoms with Gasteiger partial charge in [0.15, 0.2) is 0 Å². The number of hydrogen-bond acceptors (Lipinski definition) is 2. The van der Waals surface area contributed by atoms with Gasteiger partial charge in [0, 0.05) is 6.16 Å². The molecular weight excluding hydrogens is 287 g/mol. The SMILES string of the molecule is CCC(C(=O)O)C(C(C)(C)C)P(=O)(O)Cc1ccccc1. The maximum atomic E-state index is 12.9. The van der Waals surface area contributed by atoms with Gasteiger partial charge in [-0.15, -0.1) is 0 Å². The number of aliphatic carboxylic acids is 1. The van der Waals surface area contributed by atoms with Gasteiger partial charge in [0.2, 0.25) is 7.37 Å². The molecule has 4 nitrogen and oxygen atoms in total. The van der Waals surface area contributed by atoms with Crippen molar-refractivity contribution in [2.45, 2.75) is 45.9 Å². The molecule has 0 aliphatic heterocycles. The van der Waals surface area contributed by atoms with Crippen LogP contribution in [0.4, 0.5) is 0 Å². The molecular formula is C16H25O4P. The molecule has 0 aliphatic carbocycles. The van der Waals surface area contributed by atoms with Crippen molar-refractivity contribution in [3.8, 4) is 0 Å². The number of carboxylic acid groups (broad SMARTS) is 1. The van der Waals surface area contributed by atoms with Crippen LogP contribution in [0.15, 0.2) is 30.3 Å². The van der Waals surface area contributed by atoms with Crippen LogP contribution < -0.4 is 0 Å². The van der Waals surface area contributed by atoms with Crippen molar-refractivity contribution >= 4 is 13.3 Å². The van der Waals surface area contributed by atoms with Crippen molar-refractivity contribution < 1.29 is 19.4 Å². The van der Waals surface area contributed by atoms with Gasteiger partial charge in [0.1, 0.15) is 0 Å². The average molecular weight is 312 g/mol. The monoisotopic (exact) mass is 312 g/mol. The van der Waals surface area contributed by atoms with Crippen LogP contribution >= 0.6 is 7.37 Å². The van der Waals surface area contributed by atoms with Crippen molar-refractivity contribution in [1.29, 1.82) is 0 Å². The molecule has 0 heterocycles. The Morgan fingerprint density at radius 1 is 1.24 bits per heavy atom. The van der Waals surface area contributed by atoms with Gasteiger partial charge >= 0.3 is 5.97 Å². The minimum Gasteiger partial charge on any atom is -0.481 e. The Hall–Kier alpha value is -1.12. The maximum Gasteiger partial charge on any atom is 0.307 e. The summed E-state index contributed by atoms with van der Waals surface area (Å²) in [4.78, 5) is 22.1. The van der Waals surface area contributed by atoms with Crippen molar-refractivity contribution in [1.82, 2.24) is 0 Å². The fraction of sp³-hybridized carbons (Fsp3) is 0.562.